The molecule has 1 saturated heterocycles. The second kappa shape index (κ2) is 17.5. The number of likely N-dealkylation sites (tertiary alicyclic amines) is 1. The first kappa shape index (κ1) is 45.7. The Labute approximate surface area is 356 Å². The Morgan fingerprint density at radius 1 is 1.00 bits per heavy atom. The third-order valence-corrected chi connectivity index (χ3v) is 13.4. The zero-order valence-corrected chi connectivity index (χ0v) is 37.1. The summed E-state index contributed by atoms with van der Waals surface area (Å²) in [4.78, 5) is 52.9. The van der Waals surface area contributed by atoms with Gasteiger partial charge < -0.3 is 49.6 Å². The minimum Gasteiger partial charge on any atom is -0.507 e. The molecule has 5 heterocycles. The van der Waals surface area contributed by atoms with Crippen LogP contribution in [0, 0.1) is 30.6 Å². The lowest BCUT2D eigenvalue weighted by Gasteiger charge is -2.40. The van der Waals surface area contributed by atoms with Gasteiger partial charge in [-0.1, -0.05) is 52.8 Å². The number of ether oxygens (including phenoxy) is 4. The summed E-state index contributed by atoms with van der Waals surface area (Å²) in [6, 6.07) is 0.359. The lowest BCUT2D eigenvalue weighted by molar-refractivity contribution is -0.160. The van der Waals surface area contributed by atoms with Crippen molar-refractivity contribution < 1.29 is 53.8 Å². The first-order valence-corrected chi connectivity index (χ1v) is 21.3. The molecule has 5 N–H and O–H groups in total. The molecule has 5 aliphatic heterocycles. The van der Waals surface area contributed by atoms with Crippen LogP contribution in [0.5, 0.6) is 17.2 Å². The van der Waals surface area contributed by atoms with Crippen LogP contribution >= 0.6 is 0 Å². The number of piperidine rings is 1. The molecule has 5 bridgehead atoms. The van der Waals surface area contributed by atoms with Crippen molar-refractivity contribution in [3.8, 4) is 17.2 Å². The van der Waals surface area contributed by atoms with Crippen LogP contribution in [0.2, 0.25) is 0 Å². The highest BCUT2D eigenvalue weighted by Crippen LogP contribution is 2.51. The monoisotopic (exact) mass is 846 g/mol. The van der Waals surface area contributed by atoms with Crippen LogP contribution in [-0.4, -0.2) is 105 Å². The standard InChI is InChI=1S/C46H62N4O11/c1-12-24(4)50-19-17-46(18-20-50)48-34-31-32-39(54)28(8)42-33(31)43(56)45(10,61-42)59-21-16-30(58-11)25(5)41(60-29(9)51)27(7)38(53)26(6)37(52)22(2)14-13-15-23(3)44(57)47-36(40(32)55)35(34)49-46/h13-16,21-22,24-27,30,37-38,41,48,52-55H,12,17-20H2,1-11H3/b14-13+,21-16+,23-15-,47-36?/t22-,24?,25+,26+,27+,30-,37-,38+,41+,45-/m0/s1. The summed E-state index contributed by atoms with van der Waals surface area (Å²) in [6.07, 6.45) is 6.05. The number of phenolic OH excluding ortho intramolecular Hbond substituents is 2. The molecule has 1 amide bonds. The van der Waals surface area contributed by atoms with Crippen molar-refractivity contribution >= 4 is 34.1 Å². The predicted molar refractivity (Wildman–Crippen MR) is 228 cm³/mol. The van der Waals surface area contributed by atoms with Crippen molar-refractivity contribution in [1.29, 1.82) is 0 Å². The maximum Gasteiger partial charge on any atom is 0.312 e. The number of Topliss-reactive ketones (excluding diaryl/α,β-unsaturated/α-hetero) is 1. The number of ketones is 1. The van der Waals surface area contributed by atoms with Crippen molar-refractivity contribution in [2.45, 2.75) is 130 Å². The number of nitrogens with one attached hydrogen (secondary N) is 1. The molecule has 0 aromatic heterocycles. The first-order chi connectivity index (χ1) is 28.7. The molecular formula is C46H62N4O11. The van der Waals surface area contributed by atoms with E-state index in [4.69, 9.17) is 23.9 Å². The van der Waals surface area contributed by atoms with Gasteiger partial charge in [0.1, 0.15) is 34.0 Å². The van der Waals surface area contributed by atoms with Gasteiger partial charge in [-0.15, -0.1) is 0 Å². The second-order valence-electron chi connectivity index (χ2n) is 17.6. The number of hydrogen-bond donors (Lipinski definition) is 5. The Balaban J connectivity index is 1.56. The van der Waals surface area contributed by atoms with Gasteiger partial charge in [0, 0.05) is 93.1 Å². The zero-order valence-electron chi connectivity index (χ0n) is 37.1. The van der Waals surface area contributed by atoms with E-state index in [0.29, 0.717) is 24.6 Å². The number of phenols is 2. The Morgan fingerprint density at radius 3 is 2.30 bits per heavy atom. The summed E-state index contributed by atoms with van der Waals surface area (Å²) in [7, 11) is 1.47. The SMILES string of the molecule is CCC(C)N1CCC2(CC1)N=c1c(c3c4c5c(C)c(O)c3c(O)c1=NC(=O)/C(C)=C\C=C\[C@H](C)[C@H](O)[C@@H](C)[C@@H](O)[C@@H](C)[C@H](OC(C)=O)[C@H](C)[C@@H](OC)/C=C/O[C@@](C)(O5)C4=O)N2. The van der Waals surface area contributed by atoms with Crippen LogP contribution in [0.1, 0.15) is 97.5 Å². The molecular weight excluding hydrogens is 785 g/mol. The van der Waals surface area contributed by atoms with Crippen LogP contribution in [-0.2, 0) is 23.8 Å². The second-order valence-corrected chi connectivity index (χ2v) is 17.6. The van der Waals surface area contributed by atoms with Crippen molar-refractivity contribution in [3.63, 3.8) is 0 Å². The summed E-state index contributed by atoms with van der Waals surface area (Å²) in [5.41, 5.74) is -0.115. The smallest absolute Gasteiger partial charge is 0.312 e. The van der Waals surface area contributed by atoms with Gasteiger partial charge in [0.2, 0.25) is 0 Å². The van der Waals surface area contributed by atoms with Crippen LogP contribution in [0.3, 0.4) is 0 Å². The molecule has 2 aromatic carbocycles. The number of anilines is 1. The van der Waals surface area contributed by atoms with Crippen LogP contribution < -0.4 is 20.8 Å². The Bertz CT molecular complexity index is 2300. The summed E-state index contributed by atoms with van der Waals surface area (Å²) >= 11 is 0. The quantitative estimate of drug-likeness (QED) is 0.205. The van der Waals surface area contributed by atoms with Gasteiger partial charge in [0.05, 0.1) is 41.2 Å². The minimum absolute atomic E-state index is 0.0536. The molecule has 0 saturated carbocycles. The van der Waals surface area contributed by atoms with E-state index < -0.39 is 82.9 Å². The first-order valence-electron chi connectivity index (χ1n) is 21.3. The molecule has 1 spiro atoms. The third-order valence-electron chi connectivity index (χ3n) is 13.4. The van der Waals surface area contributed by atoms with E-state index in [2.05, 4.69) is 29.1 Å². The molecule has 10 atom stereocenters. The van der Waals surface area contributed by atoms with E-state index in [1.165, 1.54) is 27.2 Å². The fraction of sp³-hybridized carbons (Fsp3) is 0.587. The van der Waals surface area contributed by atoms with Crippen LogP contribution in [0.4, 0.5) is 5.69 Å². The molecule has 5 aliphatic rings. The molecule has 2 aromatic rings. The van der Waals surface area contributed by atoms with Crippen LogP contribution in [0.15, 0.2) is 46.1 Å². The average molecular weight is 847 g/mol. The lowest BCUT2D eigenvalue weighted by Crippen LogP contribution is -2.49. The van der Waals surface area contributed by atoms with E-state index in [0.717, 1.165) is 19.5 Å². The van der Waals surface area contributed by atoms with Crippen molar-refractivity contribution in [3.05, 3.63) is 58.0 Å². The van der Waals surface area contributed by atoms with Gasteiger partial charge >= 0.3 is 11.8 Å². The Morgan fingerprint density at radius 2 is 1.67 bits per heavy atom. The number of rotatable bonds is 4. The fourth-order valence-electron chi connectivity index (χ4n) is 9.21. The molecule has 1 fully saturated rings. The molecule has 15 heteroatoms. The number of aliphatic hydroxyl groups excluding tert-OH is 2. The van der Waals surface area contributed by atoms with Gasteiger partial charge in [0.15, 0.2) is 5.75 Å². The number of nitrogens with zero attached hydrogens (tertiary/aromatic N) is 3. The summed E-state index contributed by atoms with van der Waals surface area (Å²) < 4.78 is 24.0. The zero-order chi connectivity index (χ0) is 44.9. The molecule has 0 aliphatic carbocycles. The van der Waals surface area contributed by atoms with Gasteiger partial charge in [0.25, 0.3) is 11.7 Å². The normalized spacial score (nSPS) is 33.1. The highest BCUT2D eigenvalue weighted by Gasteiger charge is 2.51. The van der Waals surface area contributed by atoms with E-state index in [1.807, 2.05) is 0 Å². The molecule has 61 heavy (non-hydrogen) atoms. The van der Waals surface area contributed by atoms with Crippen molar-refractivity contribution in [1.82, 2.24) is 4.90 Å². The molecule has 332 valence electrons. The van der Waals surface area contributed by atoms with Gasteiger partial charge in [-0.05, 0) is 33.3 Å². The van der Waals surface area contributed by atoms with E-state index in [9.17, 15) is 34.8 Å². The van der Waals surface area contributed by atoms with Crippen LogP contribution in [0.25, 0.3) is 10.8 Å². The molecule has 1 unspecified atom stereocenters. The van der Waals surface area contributed by atoms with Gasteiger partial charge in [-0.3, -0.25) is 19.4 Å². The topological polar surface area (TPSA) is 209 Å². The molecule has 15 nitrogen and oxygen atoms in total. The largest absolute Gasteiger partial charge is 0.507 e. The van der Waals surface area contributed by atoms with Crippen molar-refractivity contribution in [2.24, 2.45) is 33.7 Å². The van der Waals surface area contributed by atoms with E-state index >= 15 is 0 Å². The number of aromatic hydroxyl groups is 2. The number of carbonyl (C=O) groups is 3. The number of esters is 1. The highest BCUT2D eigenvalue weighted by molar-refractivity contribution is 6.21. The fourth-order valence-corrected chi connectivity index (χ4v) is 9.21. The summed E-state index contributed by atoms with van der Waals surface area (Å²) in [5, 5.41) is 50.6. The predicted octanol–water partition coefficient (Wildman–Crippen LogP) is 4.89. The highest BCUT2D eigenvalue weighted by atomic mass is 16.7. The molecule has 7 rings (SSSR count). The van der Waals surface area contributed by atoms with Gasteiger partial charge in [-0.25, -0.2) is 4.99 Å². The number of hydrogen-bond acceptors (Lipinski definition) is 14. The summed E-state index contributed by atoms with van der Waals surface area (Å²) in [5.74, 6) is -7.03. The number of carbonyl (C=O) groups excluding carboxylic acids is 3. The number of methoxy groups -OCH3 is 1. The third kappa shape index (κ3) is 8.29. The van der Waals surface area contributed by atoms with E-state index in [1.54, 1.807) is 65.8 Å². The van der Waals surface area contributed by atoms with Gasteiger partial charge in [-0.2, -0.15) is 0 Å². The number of benzene rings is 2. The number of allylic oxidation sites excluding steroid dienone is 2. The minimum atomic E-state index is -1.95. The molecule has 0 radical (unpaired) electrons. The van der Waals surface area contributed by atoms with Crippen molar-refractivity contribution in [2.75, 3.05) is 25.5 Å². The number of amides is 1. The Hall–Kier alpha value is -4.83. The Kier molecular flexibility index (Phi) is 13.1. The maximum absolute atomic E-state index is 14.7. The lowest BCUT2D eigenvalue weighted by atomic mass is 9.78. The maximum atomic E-state index is 14.7. The number of aliphatic hydroxyl groups is 2. The van der Waals surface area contributed by atoms with E-state index in [-0.39, 0.29) is 49.7 Å². The average Bonchev–Trinajstić information content (AvgIpc) is 3.73. The summed E-state index contributed by atoms with van der Waals surface area (Å²) in [6.45, 7) is 18.6. The number of fused-ring (bicyclic) bond motifs is 13.